The van der Waals surface area contributed by atoms with Gasteiger partial charge in [-0.15, -0.1) is 0 Å². The molecule has 2 N–H and O–H groups in total. The molecule has 0 spiro atoms. The van der Waals surface area contributed by atoms with E-state index >= 15 is 0 Å². The molecule has 0 fully saturated rings. The standard InChI is InChI=1S/C15H13ClO3/c16-12-5-2-4-11(9-12)14(15(18)19)8-10-3-1-6-13(17)7-10/h1-7,9,14,17H,8H2,(H,18,19). The predicted octanol–water partition coefficient (Wildman–Crippen LogP) is 3.46. The zero-order valence-corrected chi connectivity index (χ0v) is 10.8. The SMILES string of the molecule is O=C(O)C(Cc1cccc(O)c1)c1cccc(Cl)c1. The number of hydrogen-bond donors (Lipinski definition) is 2. The van der Waals surface area contributed by atoms with Gasteiger partial charge in [0, 0.05) is 5.02 Å². The molecule has 1 atom stereocenters. The first-order chi connectivity index (χ1) is 9.06. The van der Waals surface area contributed by atoms with Crippen molar-refractivity contribution in [2.24, 2.45) is 0 Å². The fourth-order valence-corrected chi connectivity index (χ4v) is 2.19. The van der Waals surface area contributed by atoms with E-state index in [1.165, 1.54) is 0 Å². The third-order valence-electron chi connectivity index (χ3n) is 2.90. The van der Waals surface area contributed by atoms with Crippen molar-refractivity contribution < 1.29 is 15.0 Å². The van der Waals surface area contributed by atoms with Gasteiger partial charge in [-0.3, -0.25) is 4.79 Å². The summed E-state index contributed by atoms with van der Waals surface area (Å²) in [6.45, 7) is 0. The normalized spacial score (nSPS) is 12.1. The van der Waals surface area contributed by atoms with Crippen LogP contribution in [-0.2, 0) is 11.2 Å². The zero-order chi connectivity index (χ0) is 13.8. The first kappa shape index (κ1) is 13.4. The van der Waals surface area contributed by atoms with Crippen LogP contribution >= 0.6 is 11.6 Å². The zero-order valence-electron chi connectivity index (χ0n) is 10.1. The van der Waals surface area contributed by atoms with Gasteiger partial charge < -0.3 is 10.2 Å². The number of carboxylic acids is 1. The highest BCUT2D eigenvalue weighted by atomic mass is 35.5. The van der Waals surface area contributed by atoms with Gasteiger partial charge in [-0.05, 0) is 41.8 Å². The second-order valence-electron chi connectivity index (χ2n) is 4.32. The van der Waals surface area contributed by atoms with E-state index in [0.717, 1.165) is 5.56 Å². The van der Waals surface area contributed by atoms with Crippen LogP contribution in [0.5, 0.6) is 5.75 Å². The molecule has 0 radical (unpaired) electrons. The van der Waals surface area contributed by atoms with Crippen LogP contribution < -0.4 is 0 Å². The van der Waals surface area contributed by atoms with Crippen LogP contribution in [0.4, 0.5) is 0 Å². The molecule has 0 amide bonds. The van der Waals surface area contributed by atoms with Gasteiger partial charge in [0.15, 0.2) is 0 Å². The molecule has 98 valence electrons. The molecule has 2 aromatic carbocycles. The minimum atomic E-state index is -0.911. The Labute approximate surface area is 116 Å². The predicted molar refractivity (Wildman–Crippen MR) is 73.6 cm³/mol. The second kappa shape index (κ2) is 5.76. The second-order valence-corrected chi connectivity index (χ2v) is 4.76. The molecule has 3 nitrogen and oxygen atoms in total. The number of hydrogen-bond acceptors (Lipinski definition) is 2. The van der Waals surface area contributed by atoms with Crippen LogP contribution in [0, 0.1) is 0 Å². The third-order valence-corrected chi connectivity index (χ3v) is 3.13. The topological polar surface area (TPSA) is 57.5 Å². The minimum Gasteiger partial charge on any atom is -0.508 e. The van der Waals surface area contributed by atoms with E-state index < -0.39 is 11.9 Å². The molecule has 0 aliphatic heterocycles. The number of carboxylic acid groups (broad SMARTS) is 1. The van der Waals surface area contributed by atoms with Crippen molar-refractivity contribution in [3.63, 3.8) is 0 Å². The van der Waals surface area contributed by atoms with Gasteiger partial charge in [0.25, 0.3) is 0 Å². The van der Waals surface area contributed by atoms with Crippen LogP contribution in [0.15, 0.2) is 48.5 Å². The number of halogens is 1. The maximum atomic E-state index is 11.4. The number of carbonyl (C=O) groups is 1. The van der Waals surface area contributed by atoms with Crippen LogP contribution in [0.1, 0.15) is 17.0 Å². The molecule has 4 heteroatoms. The third kappa shape index (κ3) is 3.48. The largest absolute Gasteiger partial charge is 0.508 e. The van der Waals surface area contributed by atoms with E-state index in [1.807, 2.05) is 0 Å². The molecule has 0 aromatic heterocycles. The molecular weight excluding hydrogens is 264 g/mol. The number of phenolic OH excluding ortho intramolecular Hbond substituents is 1. The summed E-state index contributed by atoms with van der Waals surface area (Å²) in [4.78, 5) is 11.4. The summed E-state index contributed by atoms with van der Waals surface area (Å²) in [5, 5.41) is 19.3. The van der Waals surface area contributed by atoms with Crippen molar-refractivity contribution in [1.29, 1.82) is 0 Å². The molecule has 0 saturated carbocycles. The Balaban J connectivity index is 2.29. The molecule has 1 unspecified atom stereocenters. The molecule has 0 aliphatic carbocycles. The van der Waals surface area contributed by atoms with Crippen molar-refractivity contribution in [1.82, 2.24) is 0 Å². The van der Waals surface area contributed by atoms with E-state index in [-0.39, 0.29) is 5.75 Å². The van der Waals surface area contributed by atoms with Gasteiger partial charge in [0.05, 0.1) is 5.92 Å². The Morgan fingerprint density at radius 1 is 1.16 bits per heavy atom. The highest BCUT2D eigenvalue weighted by molar-refractivity contribution is 6.30. The maximum absolute atomic E-state index is 11.4. The molecule has 19 heavy (non-hydrogen) atoms. The maximum Gasteiger partial charge on any atom is 0.311 e. The lowest BCUT2D eigenvalue weighted by Gasteiger charge is -2.13. The lowest BCUT2D eigenvalue weighted by Crippen LogP contribution is -2.14. The van der Waals surface area contributed by atoms with Gasteiger partial charge in [0.2, 0.25) is 0 Å². The molecule has 2 rings (SSSR count). The van der Waals surface area contributed by atoms with Crippen molar-refractivity contribution in [3.05, 3.63) is 64.7 Å². The molecular formula is C15H13ClO3. The molecule has 0 heterocycles. The fourth-order valence-electron chi connectivity index (χ4n) is 1.99. The van der Waals surface area contributed by atoms with Crippen molar-refractivity contribution in [2.45, 2.75) is 12.3 Å². The van der Waals surface area contributed by atoms with Crippen LogP contribution in [0.3, 0.4) is 0 Å². The van der Waals surface area contributed by atoms with Crippen molar-refractivity contribution in [3.8, 4) is 5.75 Å². The van der Waals surface area contributed by atoms with Crippen molar-refractivity contribution >= 4 is 17.6 Å². The first-order valence-corrected chi connectivity index (χ1v) is 6.20. The monoisotopic (exact) mass is 276 g/mol. The van der Waals surface area contributed by atoms with Gasteiger partial charge in [-0.1, -0.05) is 35.9 Å². The van der Waals surface area contributed by atoms with Gasteiger partial charge in [-0.2, -0.15) is 0 Å². The number of aliphatic carboxylic acids is 1. The summed E-state index contributed by atoms with van der Waals surface area (Å²) < 4.78 is 0. The Hall–Kier alpha value is -2.00. The summed E-state index contributed by atoms with van der Waals surface area (Å²) >= 11 is 5.89. The highest BCUT2D eigenvalue weighted by Crippen LogP contribution is 2.25. The highest BCUT2D eigenvalue weighted by Gasteiger charge is 2.20. The Morgan fingerprint density at radius 2 is 1.89 bits per heavy atom. The van der Waals surface area contributed by atoms with E-state index in [4.69, 9.17) is 11.6 Å². The Morgan fingerprint density at radius 3 is 2.53 bits per heavy atom. The molecule has 0 bridgehead atoms. The molecule has 0 saturated heterocycles. The summed E-state index contributed by atoms with van der Waals surface area (Å²) in [6.07, 6.45) is 0.310. The van der Waals surface area contributed by atoms with Gasteiger partial charge in [0.1, 0.15) is 5.75 Å². The lowest BCUT2D eigenvalue weighted by molar-refractivity contribution is -0.138. The summed E-state index contributed by atoms with van der Waals surface area (Å²) in [5.74, 6) is -1.46. The molecule has 2 aromatic rings. The Kier molecular flexibility index (Phi) is 4.07. The smallest absolute Gasteiger partial charge is 0.311 e. The van der Waals surface area contributed by atoms with Crippen LogP contribution in [0.25, 0.3) is 0 Å². The number of benzene rings is 2. The van der Waals surface area contributed by atoms with E-state index in [0.29, 0.717) is 17.0 Å². The van der Waals surface area contributed by atoms with Crippen molar-refractivity contribution in [2.75, 3.05) is 0 Å². The quantitative estimate of drug-likeness (QED) is 0.899. The average Bonchev–Trinajstić information content (AvgIpc) is 2.35. The number of phenols is 1. The number of rotatable bonds is 4. The van der Waals surface area contributed by atoms with E-state index in [9.17, 15) is 15.0 Å². The summed E-state index contributed by atoms with van der Waals surface area (Å²) in [6, 6.07) is 13.5. The first-order valence-electron chi connectivity index (χ1n) is 5.82. The number of aromatic hydroxyl groups is 1. The average molecular weight is 277 g/mol. The van der Waals surface area contributed by atoms with Crippen LogP contribution in [0.2, 0.25) is 5.02 Å². The van der Waals surface area contributed by atoms with Gasteiger partial charge in [-0.25, -0.2) is 0 Å². The lowest BCUT2D eigenvalue weighted by atomic mass is 9.92. The van der Waals surface area contributed by atoms with Gasteiger partial charge >= 0.3 is 5.97 Å². The summed E-state index contributed by atoms with van der Waals surface area (Å²) in [5.41, 5.74) is 1.43. The van der Waals surface area contributed by atoms with Crippen LogP contribution in [-0.4, -0.2) is 16.2 Å². The van der Waals surface area contributed by atoms with E-state index in [1.54, 1.807) is 48.5 Å². The Bertz CT molecular complexity index is 595. The van der Waals surface area contributed by atoms with E-state index in [2.05, 4.69) is 0 Å². The fraction of sp³-hybridized carbons (Fsp3) is 0.133. The minimum absolute atomic E-state index is 0.132. The molecule has 0 aliphatic rings. The summed E-state index contributed by atoms with van der Waals surface area (Å²) in [7, 11) is 0.